The summed E-state index contributed by atoms with van der Waals surface area (Å²) in [5.41, 5.74) is 2.30. The molecule has 36 heavy (non-hydrogen) atoms. The predicted octanol–water partition coefficient (Wildman–Crippen LogP) is 6.84. The molecule has 0 aromatic heterocycles. The minimum absolute atomic E-state index is 0.0116. The molecule has 0 N–H and O–H groups in total. The maximum Gasteiger partial charge on any atom is 0.490 e. The fourth-order valence-corrected chi connectivity index (χ4v) is 5.15. The molecule has 0 spiro atoms. The highest BCUT2D eigenvalue weighted by atomic mass is 28.3. The molecular weight excluding hydrogens is 489 g/mol. The largest absolute Gasteiger partial charge is 0.497 e. The lowest BCUT2D eigenvalue weighted by Crippen LogP contribution is -2.31. The highest BCUT2D eigenvalue weighted by Gasteiger charge is 2.42. The molecule has 0 saturated heterocycles. The topological polar surface area (TPSA) is 61.8 Å². The zero-order chi connectivity index (χ0) is 27.1. The van der Waals surface area contributed by atoms with E-state index < -0.39 is 38.4 Å². The molecule has 9 heteroatoms. The van der Waals surface area contributed by atoms with Gasteiger partial charge in [0, 0.05) is 8.07 Å². The molecule has 2 unspecified atom stereocenters. The van der Waals surface area contributed by atoms with Crippen LogP contribution in [0.25, 0.3) is 0 Å². The highest BCUT2D eigenvalue weighted by Crippen LogP contribution is 2.33. The highest BCUT2D eigenvalue weighted by molar-refractivity contribution is 6.75. The molecule has 0 aliphatic carbocycles. The van der Waals surface area contributed by atoms with E-state index in [1.54, 1.807) is 43.5 Å². The quantitative estimate of drug-likeness (QED) is 0.184. The summed E-state index contributed by atoms with van der Waals surface area (Å²) < 4.78 is 54.4. The maximum atomic E-state index is 12.9. The van der Waals surface area contributed by atoms with Gasteiger partial charge in [0.1, 0.15) is 18.0 Å². The van der Waals surface area contributed by atoms with Crippen molar-refractivity contribution in [3.63, 3.8) is 0 Å². The summed E-state index contributed by atoms with van der Waals surface area (Å²) in [6.07, 6.45) is -6.99. The Labute approximate surface area is 211 Å². The van der Waals surface area contributed by atoms with Gasteiger partial charge in [-0.15, -0.1) is 0 Å². The van der Waals surface area contributed by atoms with Crippen LogP contribution in [0.3, 0.4) is 0 Å². The first kappa shape index (κ1) is 29.2. The van der Waals surface area contributed by atoms with E-state index in [1.807, 2.05) is 12.1 Å². The summed E-state index contributed by atoms with van der Waals surface area (Å²) in [5, 5.41) is 0. The number of benzene rings is 2. The van der Waals surface area contributed by atoms with Crippen LogP contribution < -0.4 is 4.74 Å². The number of esters is 2. The Kier molecular flexibility index (Phi) is 9.92. The van der Waals surface area contributed by atoms with Crippen LogP contribution >= 0.6 is 0 Å². The molecule has 0 amide bonds. The van der Waals surface area contributed by atoms with Crippen molar-refractivity contribution in [2.45, 2.75) is 63.8 Å². The molecule has 2 aromatic rings. The van der Waals surface area contributed by atoms with Crippen LogP contribution in [0.5, 0.6) is 5.75 Å². The molecule has 196 valence electrons. The van der Waals surface area contributed by atoms with E-state index in [4.69, 9.17) is 9.47 Å². The average Bonchev–Trinajstić information content (AvgIpc) is 2.79. The monoisotopic (exact) mass is 522 g/mol. The van der Waals surface area contributed by atoms with Crippen LogP contribution in [0, 0.1) is 0 Å². The molecular formula is C27H33F3O5Si. The van der Waals surface area contributed by atoms with Crippen molar-refractivity contribution in [1.29, 1.82) is 0 Å². The zero-order valence-corrected chi connectivity index (χ0v) is 22.3. The van der Waals surface area contributed by atoms with Crippen molar-refractivity contribution >= 4 is 20.0 Å². The first-order chi connectivity index (χ1) is 16.7. The summed E-state index contributed by atoms with van der Waals surface area (Å²) >= 11 is 0. The lowest BCUT2D eigenvalue weighted by atomic mass is 9.96. The van der Waals surface area contributed by atoms with E-state index in [2.05, 4.69) is 31.0 Å². The Morgan fingerprint density at radius 1 is 1.00 bits per heavy atom. The van der Waals surface area contributed by atoms with Crippen molar-refractivity contribution in [3.8, 4) is 5.75 Å². The van der Waals surface area contributed by atoms with Gasteiger partial charge in [0.2, 0.25) is 0 Å². The summed E-state index contributed by atoms with van der Waals surface area (Å²) in [6, 6.07) is 14.7. The van der Waals surface area contributed by atoms with Crippen molar-refractivity contribution in [2.24, 2.45) is 0 Å². The summed E-state index contributed by atoms with van der Waals surface area (Å²) in [4.78, 5) is 24.4. The van der Waals surface area contributed by atoms with Crippen LogP contribution in [0.15, 0.2) is 60.7 Å². The Bertz CT molecular complexity index is 1060. The third-order valence-corrected chi connectivity index (χ3v) is 6.84. The molecule has 0 saturated carbocycles. The van der Waals surface area contributed by atoms with E-state index in [9.17, 15) is 22.8 Å². The molecule has 0 aliphatic rings. The van der Waals surface area contributed by atoms with E-state index in [0.717, 1.165) is 17.2 Å². The van der Waals surface area contributed by atoms with Crippen molar-refractivity contribution in [1.82, 2.24) is 0 Å². The summed E-state index contributed by atoms with van der Waals surface area (Å²) in [6.45, 7) is 11.8. The SMILES string of the molecule is C=C(C)C(CCC(OC(=O)c1ccccc1)c1ccc(OC)cc1C[Si](C)(C)C)OC(=O)C(F)(F)F. The van der Waals surface area contributed by atoms with Crippen LogP contribution in [0.1, 0.15) is 47.4 Å². The molecule has 0 radical (unpaired) electrons. The number of ether oxygens (including phenoxy) is 3. The maximum absolute atomic E-state index is 12.9. The summed E-state index contributed by atoms with van der Waals surface area (Å²) in [5.74, 6) is -2.19. The third kappa shape index (κ3) is 8.86. The Hall–Kier alpha value is -3.07. The smallest absolute Gasteiger partial charge is 0.490 e. The Balaban J connectivity index is 2.42. The minimum atomic E-state index is -5.12. The molecule has 2 aromatic carbocycles. The number of halogens is 3. The second-order valence-electron chi connectivity index (χ2n) is 9.88. The van der Waals surface area contributed by atoms with Gasteiger partial charge in [-0.1, -0.05) is 50.5 Å². The number of methoxy groups -OCH3 is 1. The fourth-order valence-electron chi connectivity index (χ4n) is 3.70. The van der Waals surface area contributed by atoms with Gasteiger partial charge in [-0.3, -0.25) is 0 Å². The number of hydrogen-bond acceptors (Lipinski definition) is 5. The first-order valence-electron chi connectivity index (χ1n) is 11.6. The van der Waals surface area contributed by atoms with E-state index in [0.29, 0.717) is 11.3 Å². The van der Waals surface area contributed by atoms with E-state index in [-0.39, 0.29) is 18.4 Å². The number of rotatable bonds is 11. The van der Waals surface area contributed by atoms with Crippen molar-refractivity contribution in [2.75, 3.05) is 7.11 Å². The first-order valence-corrected chi connectivity index (χ1v) is 15.3. The third-order valence-electron chi connectivity index (χ3n) is 5.40. The molecule has 2 atom stereocenters. The number of carbonyl (C=O) groups excluding carboxylic acids is 2. The second kappa shape index (κ2) is 12.3. The predicted molar refractivity (Wildman–Crippen MR) is 135 cm³/mol. The molecule has 5 nitrogen and oxygen atoms in total. The van der Waals surface area contributed by atoms with Gasteiger partial charge < -0.3 is 14.2 Å². The second-order valence-corrected chi connectivity index (χ2v) is 15.4. The Morgan fingerprint density at radius 2 is 1.64 bits per heavy atom. The summed E-state index contributed by atoms with van der Waals surface area (Å²) in [7, 11) is -0.0626. The molecule has 0 bridgehead atoms. The van der Waals surface area contributed by atoms with E-state index in [1.165, 1.54) is 6.92 Å². The van der Waals surface area contributed by atoms with Gasteiger partial charge in [0.05, 0.1) is 12.7 Å². The van der Waals surface area contributed by atoms with Gasteiger partial charge in [-0.2, -0.15) is 13.2 Å². The van der Waals surface area contributed by atoms with Gasteiger partial charge in [-0.05, 0) is 66.8 Å². The normalized spacial score (nSPS) is 13.4. The molecule has 0 fully saturated rings. The van der Waals surface area contributed by atoms with Crippen molar-refractivity contribution < 1.29 is 37.0 Å². The average molecular weight is 523 g/mol. The number of carbonyl (C=O) groups is 2. The zero-order valence-electron chi connectivity index (χ0n) is 21.3. The van der Waals surface area contributed by atoms with Crippen LogP contribution in [0.4, 0.5) is 13.2 Å². The minimum Gasteiger partial charge on any atom is -0.497 e. The van der Waals surface area contributed by atoms with Crippen LogP contribution in [-0.4, -0.2) is 39.4 Å². The standard InChI is InChI=1S/C27H33F3O5Si/c1-18(2)23(35-26(32)27(28,29)30)14-15-24(34-25(31)19-10-8-7-9-11-19)22-13-12-21(33-3)16-20(22)17-36(4,5)6/h7-13,16,23-24H,1,14-15,17H2,2-6H3. The molecule has 2 rings (SSSR count). The lowest BCUT2D eigenvalue weighted by molar-refractivity contribution is -0.203. The van der Waals surface area contributed by atoms with Crippen molar-refractivity contribution in [3.05, 3.63) is 77.4 Å². The lowest BCUT2D eigenvalue weighted by Gasteiger charge is -2.26. The van der Waals surface area contributed by atoms with Gasteiger partial charge >= 0.3 is 18.1 Å². The van der Waals surface area contributed by atoms with Gasteiger partial charge in [0.15, 0.2) is 0 Å². The number of hydrogen-bond donors (Lipinski definition) is 0. The van der Waals surface area contributed by atoms with Gasteiger partial charge in [0.25, 0.3) is 0 Å². The Morgan fingerprint density at radius 3 is 2.17 bits per heavy atom. The van der Waals surface area contributed by atoms with Crippen LogP contribution in [-0.2, 0) is 20.3 Å². The fraction of sp³-hybridized carbons (Fsp3) is 0.407. The molecule has 0 aliphatic heterocycles. The number of alkyl halides is 3. The molecule has 0 heterocycles. The van der Waals surface area contributed by atoms with Gasteiger partial charge in [-0.25, -0.2) is 9.59 Å². The van der Waals surface area contributed by atoms with E-state index >= 15 is 0 Å². The van der Waals surface area contributed by atoms with Crippen LogP contribution in [0.2, 0.25) is 19.6 Å².